The molecule has 0 saturated carbocycles. The molecule has 1 fully saturated rings. The lowest BCUT2D eigenvalue weighted by atomic mass is 10.6. The van der Waals surface area contributed by atoms with Crippen LogP contribution in [-0.2, 0) is 4.79 Å². The van der Waals surface area contributed by atoms with E-state index in [0.29, 0.717) is 0 Å². The molecule has 0 aromatic rings. The van der Waals surface area contributed by atoms with E-state index >= 15 is 0 Å². The highest BCUT2D eigenvalue weighted by atomic mass is 16.1. The van der Waals surface area contributed by atoms with Crippen LogP contribution in [0.25, 0.3) is 0 Å². The highest BCUT2D eigenvalue weighted by Gasteiger charge is 2.12. The molecule has 8 heavy (non-hydrogen) atoms. The molecule has 3 nitrogen and oxygen atoms in total. The van der Waals surface area contributed by atoms with Gasteiger partial charge < -0.3 is 4.90 Å². The van der Waals surface area contributed by atoms with Crippen molar-refractivity contribution < 1.29 is 4.79 Å². The van der Waals surface area contributed by atoms with Crippen LogP contribution in [0.15, 0.2) is 0 Å². The summed E-state index contributed by atoms with van der Waals surface area (Å²) in [5, 5.41) is 0. The molecule has 0 N–H and O–H groups in total. The maximum atomic E-state index is 10.1. The van der Waals surface area contributed by atoms with E-state index in [1.54, 1.807) is 4.90 Å². The molecule has 1 heterocycles. The Morgan fingerprint density at radius 1 is 1.50 bits per heavy atom. The average molecular weight is 114 g/mol. The second kappa shape index (κ2) is 2.13. The highest BCUT2D eigenvalue weighted by Crippen LogP contribution is 1.96. The molecule has 0 aromatic carbocycles. The van der Waals surface area contributed by atoms with E-state index in [-0.39, 0.29) is 0 Å². The van der Waals surface area contributed by atoms with E-state index in [9.17, 15) is 4.79 Å². The summed E-state index contributed by atoms with van der Waals surface area (Å²) in [6.45, 7) is 2.70. The number of likely N-dealkylation sites (N-methyl/N-ethyl adjacent to an activating group) is 1. The van der Waals surface area contributed by atoms with Crippen molar-refractivity contribution in [2.24, 2.45) is 0 Å². The molecule has 0 spiro atoms. The first-order chi connectivity index (χ1) is 3.83. The molecular formula is C5H10N2O. The molecule has 0 atom stereocenters. The first-order valence-electron chi connectivity index (χ1n) is 2.71. The summed E-state index contributed by atoms with van der Waals surface area (Å²) in [5.74, 6) is 0. The fourth-order valence-electron chi connectivity index (χ4n) is 0.837. The highest BCUT2D eigenvalue weighted by molar-refractivity contribution is 5.47. The van der Waals surface area contributed by atoms with Gasteiger partial charge in [-0.2, -0.15) is 0 Å². The quantitative estimate of drug-likeness (QED) is 0.423. The number of rotatable bonds is 1. The van der Waals surface area contributed by atoms with E-state index in [2.05, 4.69) is 4.90 Å². The average Bonchev–Trinajstić information content (AvgIpc) is 2.14. The summed E-state index contributed by atoms with van der Waals surface area (Å²) < 4.78 is 0. The zero-order valence-corrected chi connectivity index (χ0v) is 5.00. The molecule has 0 unspecified atom stereocenters. The Morgan fingerprint density at radius 2 is 2.25 bits per heavy atom. The fraction of sp³-hybridized carbons (Fsp3) is 0.800. The molecule has 0 radical (unpaired) electrons. The lowest BCUT2D eigenvalue weighted by Crippen LogP contribution is -2.20. The predicted octanol–water partition coefficient (Wildman–Crippen LogP) is -0.652. The van der Waals surface area contributed by atoms with Crippen LogP contribution in [0.1, 0.15) is 0 Å². The summed E-state index contributed by atoms with van der Waals surface area (Å²) in [6, 6.07) is 0. The van der Waals surface area contributed by atoms with Gasteiger partial charge in [0.25, 0.3) is 0 Å². The standard InChI is InChI=1S/C5H10N2O/c1-6-2-3-7(4-6)5-8/h5H,2-4H2,1H3. The number of nitrogens with zero attached hydrogens (tertiary/aromatic N) is 2. The SMILES string of the molecule is CN1CCN(C=O)C1. The zero-order chi connectivity index (χ0) is 5.98. The van der Waals surface area contributed by atoms with Gasteiger partial charge in [0.15, 0.2) is 0 Å². The molecule has 1 rings (SSSR count). The van der Waals surface area contributed by atoms with Crippen LogP contribution in [0.3, 0.4) is 0 Å². The first-order valence-corrected chi connectivity index (χ1v) is 2.71. The van der Waals surface area contributed by atoms with Crippen LogP contribution >= 0.6 is 0 Å². The summed E-state index contributed by atoms with van der Waals surface area (Å²) in [4.78, 5) is 13.9. The van der Waals surface area contributed by atoms with Gasteiger partial charge in [-0.25, -0.2) is 0 Å². The maximum absolute atomic E-state index is 10.1. The van der Waals surface area contributed by atoms with Gasteiger partial charge in [0.1, 0.15) is 0 Å². The number of hydrogen-bond donors (Lipinski definition) is 0. The third-order valence-electron chi connectivity index (χ3n) is 1.34. The second-order valence-corrected chi connectivity index (χ2v) is 2.14. The van der Waals surface area contributed by atoms with Crippen molar-refractivity contribution in [2.45, 2.75) is 0 Å². The summed E-state index contributed by atoms with van der Waals surface area (Å²) in [7, 11) is 2.00. The van der Waals surface area contributed by atoms with E-state index < -0.39 is 0 Å². The van der Waals surface area contributed by atoms with Crippen LogP contribution in [0.4, 0.5) is 0 Å². The van der Waals surface area contributed by atoms with Gasteiger partial charge in [-0.05, 0) is 7.05 Å². The second-order valence-electron chi connectivity index (χ2n) is 2.14. The Bertz CT molecular complexity index is 94.4. The Balaban J connectivity index is 2.32. The van der Waals surface area contributed by atoms with Gasteiger partial charge in [-0.15, -0.1) is 0 Å². The minimum absolute atomic E-state index is 0.795. The van der Waals surface area contributed by atoms with E-state index in [0.717, 1.165) is 26.2 Å². The minimum atomic E-state index is 0.795. The lowest BCUT2D eigenvalue weighted by Gasteiger charge is -2.06. The molecule has 0 aromatic heterocycles. The van der Waals surface area contributed by atoms with Crippen molar-refractivity contribution in [3.63, 3.8) is 0 Å². The van der Waals surface area contributed by atoms with E-state index in [1.807, 2.05) is 7.05 Å². The van der Waals surface area contributed by atoms with Crippen LogP contribution in [0.2, 0.25) is 0 Å². The number of hydrogen-bond acceptors (Lipinski definition) is 2. The van der Waals surface area contributed by atoms with Crippen LogP contribution < -0.4 is 0 Å². The number of carbonyl (C=O) groups is 1. The van der Waals surface area contributed by atoms with E-state index in [1.165, 1.54) is 0 Å². The Labute approximate surface area is 48.9 Å². The van der Waals surface area contributed by atoms with Crippen molar-refractivity contribution in [2.75, 3.05) is 26.8 Å². The first kappa shape index (κ1) is 5.56. The van der Waals surface area contributed by atoms with Gasteiger partial charge in [0.2, 0.25) is 6.41 Å². The van der Waals surface area contributed by atoms with Crippen molar-refractivity contribution in [3.05, 3.63) is 0 Å². The van der Waals surface area contributed by atoms with Gasteiger partial charge >= 0.3 is 0 Å². The smallest absolute Gasteiger partial charge is 0.210 e. The van der Waals surface area contributed by atoms with Gasteiger partial charge in [0, 0.05) is 13.1 Å². The van der Waals surface area contributed by atoms with Gasteiger partial charge in [-0.3, -0.25) is 9.69 Å². The number of amides is 1. The third kappa shape index (κ3) is 0.980. The largest absolute Gasteiger partial charge is 0.331 e. The topological polar surface area (TPSA) is 23.6 Å². The summed E-state index contributed by atoms with van der Waals surface area (Å²) in [6.07, 6.45) is 0.892. The van der Waals surface area contributed by atoms with Crippen molar-refractivity contribution in [1.82, 2.24) is 9.80 Å². The van der Waals surface area contributed by atoms with Crippen molar-refractivity contribution in [3.8, 4) is 0 Å². The minimum Gasteiger partial charge on any atom is -0.331 e. The molecule has 1 amide bonds. The molecule has 3 heteroatoms. The monoisotopic (exact) mass is 114 g/mol. The third-order valence-corrected chi connectivity index (χ3v) is 1.34. The van der Waals surface area contributed by atoms with E-state index in [4.69, 9.17) is 0 Å². The van der Waals surface area contributed by atoms with Crippen molar-refractivity contribution >= 4 is 6.41 Å². The Morgan fingerprint density at radius 3 is 2.50 bits per heavy atom. The summed E-state index contributed by atoms with van der Waals surface area (Å²) >= 11 is 0. The number of carbonyl (C=O) groups excluding carboxylic acids is 1. The molecule has 0 bridgehead atoms. The Hall–Kier alpha value is -0.570. The van der Waals surface area contributed by atoms with Crippen LogP contribution in [0, 0.1) is 0 Å². The zero-order valence-electron chi connectivity index (χ0n) is 5.00. The molecular weight excluding hydrogens is 104 g/mol. The predicted molar refractivity (Wildman–Crippen MR) is 30.3 cm³/mol. The van der Waals surface area contributed by atoms with Crippen LogP contribution in [-0.4, -0.2) is 43.0 Å². The van der Waals surface area contributed by atoms with Gasteiger partial charge in [0.05, 0.1) is 6.67 Å². The van der Waals surface area contributed by atoms with Crippen LogP contribution in [0.5, 0.6) is 0 Å². The Kier molecular flexibility index (Phi) is 1.48. The molecule has 1 aliphatic rings. The lowest BCUT2D eigenvalue weighted by molar-refractivity contribution is -0.117. The fourth-order valence-corrected chi connectivity index (χ4v) is 0.837. The summed E-state index contributed by atoms with van der Waals surface area (Å²) in [5.41, 5.74) is 0. The molecule has 46 valence electrons. The maximum Gasteiger partial charge on any atom is 0.210 e. The normalized spacial score (nSPS) is 21.9. The molecule has 0 aliphatic carbocycles. The molecule has 1 aliphatic heterocycles. The van der Waals surface area contributed by atoms with Crippen molar-refractivity contribution in [1.29, 1.82) is 0 Å². The molecule has 1 saturated heterocycles. The van der Waals surface area contributed by atoms with Gasteiger partial charge in [-0.1, -0.05) is 0 Å².